The molecule has 0 amide bonds. The Morgan fingerprint density at radius 2 is 1.68 bits per heavy atom. The zero-order valence-corrected chi connectivity index (χ0v) is 22.3. The molecule has 1 saturated carbocycles. The first-order valence-electron chi connectivity index (χ1n) is 13.1. The Bertz CT molecular complexity index is 1240. The molecule has 0 bridgehead atoms. The first-order chi connectivity index (χ1) is 17.7. The summed E-state index contributed by atoms with van der Waals surface area (Å²) < 4.78 is 0. The number of hydrogen-bond acceptors (Lipinski definition) is 5. The SMILES string of the molecule is Cc1cccc(-c2cnc(NC[C@H](Cc3ccccc3)NC3CCCCC3)nc2-c2ccncc2)c1.Cl. The van der Waals surface area contributed by atoms with Crippen LogP contribution in [0.15, 0.2) is 85.3 Å². The lowest BCUT2D eigenvalue weighted by molar-refractivity contribution is 0.339. The summed E-state index contributed by atoms with van der Waals surface area (Å²) in [4.78, 5) is 13.9. The lowest BCUT2D eigenvalue weighted by atomic mass is 9.94. The van der Waals surface area contributed by atoms with Crippen LogP contribution in [0.3, 0.4) is 0 Å². The summed E-state index contributed by atoms with van der Waals surface area (Å²) in [5.74, 6) is 0.654. The van der Waals surface area contributed by atoms with Crippen LogP contribution in [0.4, 0.5) is 5.95 Å². The van der Waals surface area contributed by atoms with E-state index in [-0.39, 0.29) is 12.4 Å². The molecule has 0 aliphatic heterocycles. The molecule has 0 radical (unpaired) electrons. The van der Waals surface area contributed by atoms with Crippen molar-refractivity contribution in [2.75, 3.05) is 11.9 Å². The molecule has 0 saturated heterocycles. The molecule has 2 heterocycles. The predicted octanol–water partition coefficient (Wildman–Crippen LogP) is 6.88. The van der Waals surface area contributed by atoms with Gasteiger partial charge in [-0.1, -0.05) is 79.4 Å². The van der Waals surface area contributed by atoms with Crippen LogP contribution < -0.4 is 10.6 Å². The first-order valence-corrected chi connectivity index (χ1v) is 13.1. The fraction of sp³-hybridized carbons (Fsp3) is 0.323. The molecule has 2 aromatic carbocycles. The van der Waals surface area contributed by atoms with E-state index >= 15 is 0 Å². The van der Waals surface area contributed by atoms with E-state index in [0.29, 0.717) is 18.0 Å². The second-order valence-corrected chi connectivity index (χ2v) is 9.83. The first kappa shape index (κ1) is 26.8. The zero-order valence-electron chi connectivity index (χ0n) is 21.4. The van der Waals surface area contributed by atoms with Gasteiger partial charge in [-0.25, -0.2) is 9.97 Å². The fourth-order valence-corrected chi connectivity index (χ4v) is 5.13. The molecule has 1 aliphatic carbocycles. The van der Waals surface area contributed by atoms with Crippen LogP contribution in [0.1, 0.15) is 43.2 Å². The van der Waals surface area contributed by atoms with E-state index in [4.69, 9.17) is 9.97 Å². The van der Waals surface area contributed by atoms with Crippen molar-refractivity contribution >= 4 is 18.4 Å². The van der Waals surface area contributed by atoms with Crippen LogP contribution in [0.25, 0.3) is 22.4 Å². The smallest absolute Gasteiger partial charge is 0.223 e. The second-order valence-electron chi connectivity index (χ2n) is 9.83. The summed E-state index contributed by atoms with van der Waals surface area (Å²) in [6.07, 6.45) is 13.1. The highest BCUT2D eigenvalue weighted by atomic mass is 35.5. The molecule has 0 unspecified atom stereocenters. The topological polar surface area (TPSA) is 62.7 Å². The van der Waals surface area contributed by atoms with Gasteiger partial charge in [0, 0.05) is 48.3 Å². The molecule has 2 aromatic heterocycles. The van der Waals surface area contributed by atoms with Gasteiger partial charge in [0.15, 0.2) is 0 Å². The molecule has 1 atom stereocenters. The Hall–Kier alpha value is -3.28. The van der Waals surface area contributed by atoms with Gasteiger partial charge in [0.2, 0.25) is 5.95 Å². The molecule has 1 aliphatic rings. The van der Waals surface area contributed by atoms with E-state index in [0.717, 1.165) is 35.3 Å². The van der Waals surface area contributed by atoms with Crippen molar-refractivity contribution in [2.24, 2.45) is 0 Å². The predicted molar refractivity (Wildman–Crippen MR) is 155 cm³/mol. The minimum absolute atomic E-state index is 0. The Morgan fingerprint density at radius 1 is 0.892 bits per heavy atom. The normalized spacial score (nSPS) is 14.5. The Balaban J connectivity index is 0.00000320. The van der Waals surface area contributed by atoms with Gasteiger partial charge in [0.25, 0.3) is 0 Å². The molecule has 4 aromatic rings. The van der Waals surface area contributed by atoms with Crippen molar-refractivity contribution in [3.05, 3.63) is 96.4 Å². The average Bonchev–Trinajstić information content (AvgIpc) is 2.93. The Kier molecular flexibility index (Phi) is 9.64. The van der Waals surface area contributed by atoms with Crippen molar-refractivity contribution < 1.29 is 0 Å². The monoisotopic (exact) mass is 513 g/mol. The maximum atomic E-state index is 5.00. The minimum atomic E-state index is 0. The number of aromatic nitrogens is 3. The Labute approximate surface area is 226 Å². The molecule has 37 heavy (non-hydrogen) atoms. The summed E-state index contributed by atoms with van der Waals surface area (Å²) >= 11 is 0. The van der Waals surface area contributed by atoms with Gasteiger partial charge in [0.1, 0.15) is 0 Å². The summed E-state index contributed by atoms with van der Waals surface area (Å²) in [6.45, 7) is 2.88. The molecular weight excluding hydrogens is 478 g/mol. The lowest BCUT2D eigenvalue weighted by Crippen LogP contribution is -2.44. The van der Waals surface area contributed by atoms with Crippen LogP contribution in [0.2, 0.25) is 0 Å². The number of halogens is 1. The van der Waals surface area contributed by atoms with E-state index in [1.807, 2.05) is 30.7 Å². The number of aryl methyl sites for hydroxylation is 1. The number of anilines is 1. The maximum absolute atomic E-state index is 5.00. The Morgan fingerprint density at radius 3 is 2.43 bits per heavy atom. The van der Waals surface area contributed by atoms with Crippen molar-refractivity contribution in [2.45, 2.75) is 57.5 Å². The van der Waals surface area contributed by atoms with Crippen LogP contribution in [-0.2, 0) is 6.42 Å². The van der Waals surface area contributed by atoms with E-state index < -0.39 is 0 Å². The van der Waals surface area contributed by atoms with Gasteiger partial charge in [-0.15, -0.1) is 12.4 Å². The number of nitrogens with one attached hydrogen (secondary N) is 2. The molecule has 0 spiro atoms. The van der Waals surface area contributed by atoms with Gasteiger partial charge in [-0.05, 0) is 49.4 Å². The van der Waals surface area contributed by atoms with Crippen LogP contribution in [0.5, 0.6) is 0 Å². The number of benzene rings is 2. The third-order valence-electron chi connectivity index (χ3n) is 6.98. The van der Waals surface area contributed by atoms with Crippen LogP contribution in [-0.4, -0.2) is 33.6 Å². The maximum Gasteiger partial charge on any atom is 0.223 e. The van der Waals surface area contributed by atoms with Crippen LogP contribution >= 0.6 is 12.4 Å². The fourth-order valence-electron chi connectivity index (χ4n) is 5.13. The molecule has 5 rings (SSSR count). The lowest BCUT2D eigenvalue weighted by Gasteiger charge is -2.29. The van der Waals surface area contributed by atoms with E-state index in [1.165, 1.54) is 43.2 Å². The van der Waals surface area contributed by atoms with Crippen molar-refractivity contribution in [1.29, 1.82) is 0 Å². The summed E-state index contributed by atoms with van der Waals surface area (Å²) in [7, 11) is 0. The number of nitrogens with zero attached hydrogens (tertiary/aromatic N) is 3. The van der Waals surface area contributed by atoms with Gasteiger partial charge in [-0.3, -0.25) is 4.98 Å². The van der Waals surface area contributed by atoms with Crippen molar-refractivity contribution in [3.63, 3.8) is 0 Å². The highest BCUT2D eigenvalue weighted by Crippen LogP contribution is 2.31. The van der Waals surface area contributed by atoms with E-state index in [2.05, 4.69) is 77.1 Å². The molecular formula is C31H36ClN5. The van der Waals surface area contributed by atoms with Gasteiger partial charge in [-0.2, -0.15) is 0 Å². The summed E-state index contributed by atoms with van der Waals surface area (Å²) in [5.41, 5.74) is 6.66. The van der Waals surface area contributed by atoms with E-state index in [1.54, 1.807) is 0 Å². The standard InChI is InChI=1S/C31H35N5.ClH/c1-23-9-8-12-26(19-23)29-22-34-31(36-30(29)25-15-17-32-18-16-25)33-21-28(20-24-10-4-2-5-11-24)35-27-13-6-3-7-14-27;/h2,4-5,8-12,15-19,22,27-28,35H,3,6-7,13-14,20-21H2,1H3,(H,33,34,36);1H/t28-;/m0./s1. The average molecular weight is 514 g/mol. The second kappa shape index (κ2) is 13.3. The van der Waals surface area contributed by atoms with Crippen LogP contribution in [0, 0.1) is 6.92 Å². The number of hydrogen-bond donors (Lipinski definition) is 2. The third-order valence-corrected chi connectivity index (χ3v) is 6.98. The molecule has 6 heteroatoms. The quantitative estimate of drug-likeness (QED) is 0.255. The molecule has 192 valence electrons. The highest BCUT2D eigenvalue weighted by molar-refractivity contribution is 5.85. The third kappa shape index (κ3) is 7.37. The largest absolute Gasteiger partial charge is 0.353 e. The number of rotatable bonds is 9. The highest BCUT2D eigenvalue weighted by Gasteiger charge is 2.19. The molecule has 1 fully saturated rings. The summed E-state index contributed by atoms with van der Waals surface area (Å²) in [5, 5.41) is 7.49. The van der Waals surface area contributed by atoms with Gasteiger partial charge >= 0.3 is 0 Å². The molecule has 5 nitrogen and oxygen atoms in total. The van der Waals surface area contributed by atoms with Crippen molar-refractivity contribution in [1.82, 2.24) is 20.3 Å². The van der Waals surface area contributed by atoms with Gasteiger partial charge < -0.3 is 10.6 Å². The number of pyridine rings is 1. The van der Waals surface area contributed by atoms with Crippen molar-refractivity contribution in [3.8, 4) is 22.4 Å². The molecule has 2 N–H and O–H groups in total. The zero-order chi connectivity index (χ0) is 24.6. The minimum Gasteiger partial charge on any atom is -0.353 e. The van der Waals surface area contributed by atoms with Gasteiger partial charge in [0.05, 0.1) is 5.69 Å². The summed E-state index contributed by atoms with van der Waals surface area (Å²) in [6, 6.07) is 24.1. The van der Waals surface area contributed by atoms with E-state index in [9.17, 15) is 0 Å².